The van der Waals surface area contributed by atoms with Crippen LogP contribution in [0.4, 0.5) is 0 Å². The fraction of sp³-hybridized carbons (Fsp3) is 0.375. The number of ether oxygens (including phenoxy) is 3. The predicted octanol–water partition coefficient (Wildman–Crippen LogP) is 2.18. The van der Waals surface area contributed by atoms with Crippen molar-refractivity contribution in [3.63, 3.8) is 0 Å². The second-order valence-electron chi connectivity index (χ2n) is 4.92. The summed E-state index contributed by atoms with van der Waals surface area (Å²) in [5.41, 5.74) is 1.12. The number of nitrogens with one attached hydrogen (secondary N) is 1. The molecule has 0 bridgehead atoms. The van der Waals surface area contributed by atoms with E-state index >= 15 is 0 Å². The van der Waals surface area contributed by atoms with E-state index in [2.05, 4.69) is 4.98 Å². The summed E-state index contributed by atoms with van der Waals surface area (Å²) in [7, 11) is 6.25. The van der Waals surface area contributed by atoms with Crippen LogP contribution in [-0.2, 0) is 0 Å². The fourth-order valence-electron chi connectivity index (χ4n) is 2.39. The Morgan fingerprint density at radius 2 is 1.91 bits per heavy atom. The fourth-order valence-corrected chi connectivity index (χ4v) is 2.39. The molecule has 7 nitrogen and oxygen atoms in total. The maximum Gasteiger partial charge on any atom is 0.270 e. The molecule has 2 rings (SSSR count). The van der Waals surface area contributed by atoms with E-state index in [0.29, 0.717) is 35.0 Å². The molecule has 0 fully saturated rings. The molecular formula is C16H19N3O4. The summed E-state index contributed by atoms with van der Waals surface area (Å²) in [4.78, 5) is 17.0. The Kier molecular flexibility index (Phi) is 4.96. The molecule has 0 spiro atoms. The van der Waals surface area contributed by atoms with Crippen LogP contribution in [0.1, 0.15) is 16.9 Å². The lowest BCUT2D eigenvalue weighted by Gasteiger charge is -2.13. The number of benzene rings is 1. The minimum absolute atomic E-state index is 0.198. The number of nitrogens with zero attached hydrogens (tertiary/aromatic N) is 2. The van der Waals surface area contributed by atoms with Gasteiger partial charge in [-0.25, -0.2) is 0 Å². The third kappa shape index (κ3) is 3.01. The summed E-state index contributed by atoms with van der Waals surface area (Å²) in [6.45, 7) is 0.370. The van der Waals surface area contributed by atoms with Crippen LogP contribution >= 0.6 is 0 Å². The molecule has 2 aromatic rings. The first-order valence-corrected chi connectivity index (χ1v) is 7.01. The van der Waals surface area contributed by atoms with Gasteiger partial charge in [0, 0.05) is 25.0 Å². The summed E-state index contributed by atoms with van der Waals surface area (Å²) in [6.07, 6.45) is 0.285. The number of H-pyrrole nitrogens is 1. The van der Waals surface area contributed by atoms with Gasteiger partial charge in [-0.2, -0.15) is 5.26 Å². The number of nitriles is 1. The van der Waals surface area contributed by atoms with Crippen LogP contribution in [0.5, 0.6) is 17.2 Å². The average molecular weight is 317 g/mol. The summed E-state index contributed by atoms with van der Waals surface area (Å²) in [5.74, 6) is 1.28. The van der Waals surface area contributed by atoms with E-state index in [1.807, 2.05) is 6.07 Å². The Morgan fingerprint density at radius 1 is 1.22 bits per heavy atom. The van der Waals surface area contributed by atoms with E-state index in [1.165, 1.54) is 26.2 Å². The molecule has 1 heterocycles. The molecule has 0 unspecified atom stereocenters. The first-order valence-electron chi connectivity index (χ1n) is 7.01. The lowest BCUT2D eigenvalue weighted by Crippen LogP contribution is -2.27. The van der Waals surface area contributed by atoms with Gasteiger partial charge in [0.25, 0.3) is 5.91 Å². The van der Waals surface area contributed by atoms with Crippen molar-refractivity contribution in [1.29, 1.82) is 5.26 Å². The highest BCUT2D eigenvalue weighted by atomic mass is 16.5. The molecule has 0 aliphatic rings. The van der Waals surface area contributed by atoms with Gasteiger partial charge in [0.1, 0.15) is 5.69 Å². The van der Waals surface area contributed by atoms with Crippen molar-refractivity contribution in [2.45, 2.75) is 6.42 Å². The van der Waals surface area contributed by atoms with Crippen LogP contribution in [0.25, 0.3) is 10.9 Å². The van der Waals surface area contributed by atoms with Crippen molar-refractivity contribution in [3.8, 4) is 23.3 Å². The van der Waals surface area contributed by atoms with Gasteiger partial charge >= 0.3 is 0 Å². The van der Waals surface area contributed by atoms with Crippen LogP contribution in [0.3, 0.4) is 0 Å². The highest BCUT2D eigenvalue weighted by Gasteiger charge is 2.21. The molecule has 0 saturated carbocycles. The Morgan fingerprint density at radius 3 is 2.48 bits per heavy atom. The number of fused-ring (bicyclic) bond motifs is 1. The van der Waals surface area contributed by atoms with Crippen molar-refractivity contribution in [2.24, 2.45) is 0 Å². The number of aromatic amines is 1. The van der Waals surface area contributed by atoms with Crippen LogP contribution in [0.2, 0.25) is 0 Å². The van der Waals surface area contributed by atoms with Crippen molar-refractivity contribution in [1.82, 2.24) is 9.88 Å². The lowest BCUT2D eigenvalue weighted by atomic mass is 10.2. The van der Waals surface area contributed by atoms with Gasteiger partial charge in [0.15, 0.2) is 11.5 Å². The van der Waals surface area contributed by atoms with E-state index in [0.717, 1.165) is 5.39 Å². The van der Waals surface area contributed by atoms with Crippen LogP contribution in [0, 0.1) is 11.3 Å². The first-order chi connectivity index (χ1) is 11.1. The number of rotatable bonds is 6. The number of aromatic nitrogens is 1. The van der Waals surface area contributed by atoms with E-state index in [9.17, 15) is 4.79 Å². The maximum atomic E-state index is 12.4. The SMILES string of the molecule is COc1cc2[nH]c(C(=O)N(C)CCC#N)cc2c(OC)c1OC. The Balaban J connectivity index is 2.50. The van der Waals surface area contributed by atoms with Crippen molar-refractivity contribution >= 4 is 16.8 Å². The zero-order chi connectivity index (χ0) is 17.0. The molecule has 23 heavy (non-hydrogen) atoms. The van der Waals surface area contributed by atoms with E-state index in [4.69, 9.17) is 19.5 Å². The topological polar surface area (TPSA) is 87.6 Å². The monoisotopic (exact) mass is 317 g/mol. The summed E-state index contributed by atoms with van der Waals surface area (Å²) < 4.78 is 16.1. The third-order valence-corrected chi connectivity index (χ3v) is 3.56. The molecule has 1 aromatic heterocycles. The Hall–Kier alpha value is -2.88. The minimum atomic E-state index is -0.198. The number of amides is 1. The van der Waals surface area contributed by atoms with Gasteiger partial charge in [-0.05, 0) is 6.07 Å². The highest BCUT2D eigenvalue weighted by Crippen LogP contribution is 2.43. The second kappa shape index (κ2) is 6.92. The summed E-state index contributed by atoms with van der Waals surface area (Å²) in [6, 6.07) is 5.49. The molecule has 0 aliphatic carbocycles. The van der Waals surface area contributed by atoms with Gasteiger partial charge in [0.2, 0.25) is 5.75 Å². The molecule has 0 saturated heterocycles. The standard InChI is InChI=1S/C16H19N3O4/c1-19(7-5-6-17)16(20)12-8-10-11(18-12)9-13(21-2)15(23-4)14(10)22-3/h8-9,18H,5,7H2,1-4H3. The molecule has 1 N–H and O–H groups in total. The van der Waals surface area contributed by atoms with Gasteiger partial charge in [-0.3, -0.25) is 4.79 Å². The number of carbonyl (C=O) groups is 1. The highest BCUT2D eigenvalue weighted by molar-refractivity contribution is 6.01. The predicted molar refractivity (Wildman–Crippen MR) is 85.1 cm³/mol. The van der Waals surface area contributed by atoms with E-state index < -0.39 is 0 Å². The number of carbonyl (C=O) groups excluding carboxylic acids is 1. The number of hydrogen-bond donors (Lipinski definition) is 1. The van der Waals surface area contributed by atoms with Crippen molar-refractivity contribution < 1.29 is 19.0 Å². The Bertz CT molecular complexity index is 761. The minimum Gasteiger partial charge on any atom is -0.493 e. The maximum absolute atomic E-state index is 12.4. The third-order valence-electron chi connectivity index (χ3n) is 3.56. The van der Waals surface area contributed by atoms with Gasteiger partial charge in [-0.1, -0.05) is 0 Å². The zero-order valence-electron chi connectivity index (χ0n) is 13.6. The number of methoxy groups -OCH3 is 3. The zero-order valence-corrected chi connectivity index (χ0v) is 13.6. The first kappa shape index (κ1) is 16.5. The quantitative estimate of drug-likeness (QED) is 0.882. The van der Waals surface area contributed by atoms with Gasteiger partial charge < -0.3 is 24.1 Å². The Labute approximate surface area is 134 Å². The summed E-state index contributed by atoms with van der Waals surface area (Å²) >= 11 is 0. The molecule has 1 amide bonds. The van der Waals surface area contributed by atoms with E-state index in [1.54, 1.807) is 19.2 Å². The second-order valence-corrected chi connectivity index (χ2v) is 4.92. The van der Waals surface area contributed by atoms with E-state index in [-0.39, 0.29) is 12.3 Å². The number of hydrogen-bond acceptors (Lipinski definition) is 5. The molecule has 0 atom stereocenters. The molecule has 122 valence electrons. The largest absolute Gasteiger partial charge is 0.493 e. The smallest absolute Gasteiger partial charge is 0.270 e. The average Bonchev–Trinajstić information content (AvgIpc) is 3.00. The normalized spacial score (nSPS) is 10.2. The molecule has 1 aromatic carbocycles. The van der Waals surface area contributed by atoms with Crippen LogP contribution < -0.4 is 14.2 Å². The van der Waals surface area contributed by atoms with Crippen LogP contribution in [0.15, 0.2) is 12.1 Å². The van der Waals surface area contributed by atoms with Gasteiger partial charge in [0.05, 0.1) is 39.3 Å². The van der Waals surface area contributed by atoms with Crippen LogP contribution in [-0.4, -0.2) is 50.7 Å². The van der Waals surface area contributed by atoms with Crippen molar-refractivity contribution in [2.75, 3.05) is 34.9 Å². The van der Waals surface area contributed by atoms with Gasteiger partial charge in [-0.15, -0.1) is 0 Å². The molecule has 0 aliphatic heterocycles. The molecule has 0 radical (unpaired) electrons. The summed E-state index contributed by atoms with van der Waals surface area (Å²) in [5, 5.41) is 9.35. The lowest BCUT2D eigenvalue weighted by molar-refractivity contribution is 0.0793. The molecular weight excluding hydrogens is 298 g/mol. The molecule has 7 heteroatoms. The van der Waals surface area contributed by atoms with Crippen molar-refractivity contribution in [3.05, 3.63) is 17.8 Å².